The van der Waals surface area contributed by atoms with Crippen molar-refractivity contribution in [2.45, 2.75) is 46.3 Å². The molecule has 3 rings (SSSR count). The highest BCUT2D eigenvalue weighted by molar-refractivity contribution is 5.98. The average molecular weight is 440 g/mol. The average Bonchev–Trinajstić information content (AvgIpc) is 2.80. The third kappa shape index (κ3) is 5.10. The van der Waals surface area contributed by atoms with Crippen LogP contribution in [0.25, 0.3) is 11.1 Å². The number of nitrogens with zero attached hydrogens (tertiary/aromatic N) is 3. The van der Waals surface area contributed by atoms with Gasteiger partial charge in [0.2, 0.25) is 11.8 Å². The van der Waals surface area contributed by atoms with Gasteiger partial charge in [0, 0.05) is 37.7 Å². The fourth-order valence-electron chi connectivity index (χ4n) is 3.87. The van der Waals surface area contributed by atoms with Crippen molar-refractivity contribution in [1.29, 1.82) is 0 Å². The van der Waals surface area contributed by atoms with Crippen LogP contribution in [-0.2, 0) is 4.79 Å². The van der Waals surface area contributed by atoms with E-state index in [-0.39, 0.29) is 42.4 Å². The fourth-order valence-corrected chi connectivity index (χ4v) is 3.87. The van der Waals surface area contributed by atoms with Crippen LogP contribution in [0, 0.1) is 12.8 Å². The van der Waals surface area contributed by atoms with Gasteiger partial charge < -0.3 is 19.6 Å². The minimum absolute atomic E-state index is 0.0300. The van der Waals surface area contributed by atoms with Crippen molar-refractivity contribution < 1.29 is 19.4 Å². The number of fused-ring (bicyclic) bond motifs is 1. The van der Waals surface area contributed by atoms with E-state index in [1.165, 1.54) is 0 Å². The number of benzene rings is 1. The van der Waals surface area contributed by atoms with Crippen LogP contribution in [0.2, 0.25) is 0 Å². The van der Waals surface area contributed by atoms with E-state index >= 15 is 0 Å². The van der Waals surface area contributed by atoms with Crippen LogP contribution in [0.15, 0.2) is 36.5 Å². The second kappa shape index (κ2) is 10.1. The van der Waals surface area contributed by atoms with Gasteiger partial charge in [-0.15, -0.1) is 0 Å². The molecule has 32 heavy (non-hydrogen) atoms. The van der Waals surface area contributed by atoms with E-state index in [9.17, 15) is 14.7 Å². The van der Waals surface area contributed by atoms with E-state index in [0.717, 1.165) is 16.7 Å². The number of aliphatic hydroxyl groups is 1. The van der Waals surface area contributed by atoms with Crippen LogP contribution in [0.5, 0.6) is 5.88 Å². The van der Waals surface area contributed by atoms with Crippen molar-refractivity contribution in [2.24, 2.45) is 5.92 Å². The number of pyridine rings is 1. The maximum atomic E-state index is 13.5. The van der Waals surface area contributed by atoms with Gasteiger partial charge in [0.15, 0.2) is 0 Å². The van der Waals surface area contributed by atoms with Gasteiger partial charge in [0.05, 0.1) is 19.2 Å². The van der Waals surface area contributed by atoms with Crippen LogP contribution >= 0.6 is 0 Å². The summed E-state index contributed by atoms with van der Waals surface area (Å²) in [5, 5.41) is 9.78. The Labute approximate surface area is 190 Å². The molecule has 1 N–H and O–H groups in total. The van der Waals surface area contributed by atoms with Crippen molar-refractivity contribution in [3.05, 3.63) is 47.7 Å². The van der Waals surface area contributed by atoms with E-state index in [1.807, 2.05) is 52.0 Å². The maximum absolute atomic E-state index is 13.5. The molecule has 2 heterocycles. The maximum Gasteiger partial charge on any atom is 0.259 e. The number of likely N-dealkylation sites (N-methyl/N-ethyl adjacent to an activating group) is 1. The number of aromatic nitrogens is 1. The van der Waals surface area contributed by atoms with Crippen LogP contribution in [-0.4, -0.2) is 70.6 Å². The molecular weight excluding hydrogens is 406 g/mol. The smallest absolute Gasteiger partial charge is 0.259 e. The summed E-state index contributed by atoms with van der Waals surface area (Å²) in [5.41, 5.74) is 3.30. The molecule has 0 saturated carbocycles. The Hall–Kier alpha value is -2.93. The van der Waals surface area contributed by atoms with Crippen LogP contribution in [0.1, 0.15) is 43.1 Å². The van der Waals surface area contributed by atoms with Crippen LogP contribution in [0.3, 0.4) is 0 Å². The second-order valence-corrected chi connectivity index (χ2v) is 8.69. The number of aliphatic hydroxyl groups excluding tert-OH is 1. The van der Waals surface area contributed by atoms with Crippen molar-refractivity contribution in [3.63, 3.8) is 0 Å². The van der Waals surface area contributed by atoms with Gasteiger partial charge >= 0.3 is 0 Å². The Balaban J connectivity index is 2.03. The summed E-state index contributed by atoms with van der Waals surface area (Å²) in [4.78, 5) is 33.5. The summed E-state index contributed by atoms with van der Waals surface area (Å²) in [6.07, 6.45) is 1.78. The highest BCUT2D eigenvalue weighted by atomic mass is 16.5. The van der Waals surface area contributed by atoms with E-state index < -0.39 is 0 Å². The van der Waals surface area contributed by atoms with Gasteiger partial charge in [-0.25, -0.2) is 4.98 Å². The van der Waals surface area contributed by atoms with E-state index in [1.54, 1.807) is 29.1 Å². The van der Waals surface area contributed by atoms with E-state index in [4.69, 9.17) is 4.74 Å². The van der Waals surface area contributed by atoms with Crippen LogP contribution in [0.4, 0.5) is 0 Å². The molecule has 0 radical (unpaired) electrons. The summed E-state index contributed by atoms with van der Waals surface area (Å²) in [7, 11) is 1.76. The SMILES string of the molecule is CCC(=O)N(C)C[C@H]1Oc2ncc(-c3ccc(C)cc3)cc2C(=O)N([C@H](C)CO)C[C@H]1C. The van der Waals surface area contributed by atoms with Gasteiger partial charge in [0.1, 0.15) is 11.7 Å². The Bertz CT molecular complexity index is 960. The van der Waals surface area contributed by atoms with Crippen LogP contribution < -0.4 is 4.74 Å². The minimum Gasteiger partial charge on any atom is -0.472 e. The molecule has 1 aliphatic rings. The molecule has 0 fully saturated rings. The molecule has 1 aromatic carbocycles. The topological polar surface area (TPSA) is 83.0 Å². The zero-order valence-electron chi connectivity index (χ0n) is 19.5. The number of rotatable bonds is 6. The molecule has 1 aliphatic heterocycles. The molecule has 0 saturated heterocycles. The summed E-state index contributed by atoms with van der Waals surface area (Å²) < 4.78 is 6.24. The lowest BCUT2D eigenvalue weighted by Gasteiger charge is -2.37. The lowest BCUT2D eigenvalue weighted by Crippen LogP contribution is -2.50. The Morgan fingerprint density at radius 3 is 2.62 bits per heavy atom. The van der Waals surface area contributed by atoms with Gasteiger partial charge in [-0.1, -0.05) is 43.7 Å². The third-order valence-electron chi connectivity index (χ3n) is 6.09. The predicted molar refractivity (Wildman–Crippen MR) is 124 cm³/mol. The Morgan fingerprint density at radius 1 is 1.31 bits per heavy atom. The number of amides is 2. The van der Waals surface area contributed by atoms with Crippen molar-refractivity contribution in [1.82, 2.24) is 14.8 Å². The fraction of sp³-hybridized carbons (Fsp3) is 0.480. The summed E-state index contributed by atoms with van der Waals surface area (Å²) in [5.74, 6) is 0.00963. The van der Waals surface area contributed by atoms with Crippen molar-refractivity contribution >= 4 is 11.8 Å². The highest BCUT2D eigenvalue weighted by Crippen LogP contribution is 2.30. The standard InChI is InChI=1S/C25H33N3O4/c1-6-23(30)27(5)14-22-17(3)13-28(18(4)15-29)25(31)21-11-20(12-26-24(21)32-22)19-9-7-16(2)8-10-19/h7-12,17-18,22,29H,6,13-15H2,1-5H3/t17-,18-,22-/m1/s1. The molecule has 7 nitrogen and oxygen atoms in total. The lowest BCUT2D eigenvalue weighted by atomic mass is 9.99. The van der Waals surface area contributed by atoms with Crippen molar-refractivity contribution in [3.8, 4) is 17.0 Å². The Kier molecular flexibility index (Phi) is 7.51. The zero-order chi connectivity index (χ0) is 23.4. The van der Waals surface area contributed by atoms with Gasteiger partial charge in [-0.3, -0.25) is 9.59 Å². The molecule has 1 aromatic heterocycles. The molecule has 0 bridgehead atoms. The number of aryl methyl sites for hydroxylation is 1. The largest absolute Gasteiger partial charge is 0.472 e. The summed E-state index contributed by atoms with van der Waals surface area (Å²) in [6.45, 7) is 8.33. The molecule has 7 heteroatoms. The summed E-state index contributed by atoms with van der Waals surface area (Å²) >= 11 is 0. The normalized spacial score (nSPS) is 19.4. The highest BCUT2D eigenvalue weighted by Gasteiger charge is 2.34. The van der Waals surface area contributed by atoms with Gasteiger partial charge in [-0.2, -0.15) is 0 Å². The van der Waals surface area contributed by atoms with E-state index in [0.29, 0.717) is 25.1 Å². The quantitative estimate of drug-likeness (QED) is 0.748. The number of hydrogen-bond donors (Lipinski definition) is 1. The first kappa shape index (κ1) is 23.7. The minimum atomic E-state index is -0.352. The molecule has 0 unspecified atom stereocenters. The molecular formula is C25H33N3O4. The molecule has 0 aliphatic carbocycles. The zero-order valence-corrected chi connectivity index (χ0v) is 19.5. The molecule has 0 spiro atoms. The molecule has 2 amide bonds. The number of carbonyl (C=O) groups is 2. The number of carbonyl (C=O) groups excluding carboxylic acids is 2. The number of hydrogen-bond acceptors (Lipinski definition) is 5. The second-order valence-electron chi connectivity index (χ2n) is 8.69. The molecule has 172 valence electrons. The van der Waals surface area contributed by atoms with Gasteiger partial charge in [0.25, 0.3) is 5.91 Å². The molecule has 3 atom stereocenters. The molecule has 2 aromatic rings. The van der Waals surface area contributed by atoms with Crippen molar-refractivity contribution in [2.75, 3.05) is 26.7 Å². The van der Waals surface area contributed by atoms with Gasteiger partial charge in [-0.05, 0) is 25.5 Å². The third-order valence-corrected chi connectivity index (χ3v) is 6.09. The first-order chi connectivity index (χ1) is 15.2. The Morgan fingerprint density at radius 2 is 2.00 bits per heavy atom. The van der Waals surface area contributed by atoms with E-state index in [2.05, 4.69) is 4.98 Å². The monoisotopic (exact) mass is 439 g/mol. The number of ether oxygens (including phenoxy) is 1. The first-order valence-corrected chi connectivity index (χ1v) is 11.1. The lowest BCUT2D eigenvalue weighted by molar-refractivity contribution is -0.131. The first-order valence-electron chi connectivity index (χ1n) is 11.1. The predicted octanol–water partition coefficient (Wildman–Crippen LogP) is 3.15. The summed E-state index contributed by atoms with van der Waals surface area (Å²) in [6, 6.07) is 9.48.